The minimum absolute atomic E-state index is 0.888. The topological polar surface area (TPSA) is 29.5 Å². The van der Waals surface area contributed by atoms with Gasteiger partial charge in [0.25, 0.3) is 0 Å². The maximum absolute atomic E-state index is 6.30. The maximum Gasteiger partial charge on any atom is 0.136 e. The Morgan fingerprint density at radius 2 is 0.714 bits per heavy atom. The van der Waals surface area contributed by atoms with Crippen LogP contribution < -0.4 is 4.90 Å². The zero-order valence-corrected chi connectivity index (χ0v) is 34.3. The van der Waals surface area contributed by atoms with Crippen LogP contribution in [-0.2, 0) is 0 Å². The summed E-state index contributed by atoms with van der Waals surface area (Å²) in [6.07, 6.45) is 0. The Morgan fingerprint density at radius 3 is 1.38 bits per heavy atom. The molecule has 0 saturated carbocycles. The first-order valence-corrected chi connectivity index (χ1v) is 21.4. The average Bonchev–Trinajstić information content (AvgIpc) is 3.93. The van der Waals surface area contributed by atoms with Crippen LogP contribution in [0, 0.1) is 0 Å². The number of rotatable bonds is 8. The van der Waals surface area contributed by atoms with Gasteiger partial charge < -0.3 is 13.7 Å². The van der Waals surface area contributed by atoms with E-state index in [9.17, 15) is 0 Å². The number of fused-ring (bicyclic) bond motifs is 6. The molecule has 0 aliphatic carbocycles. The van der Waals surface area contributed by atoms with Crippen molar-refractivity contribution in [3.05, 3.63) is 237 Å². The zero-order valence-electron chi connectivity index (χ0n) is 34.3. The number of hydrogen-bond acceptors (Lipinski definition) is 3. The molecular weight excluding hydrogens is 767 g/mol. The van der Waals surface area contributed by atoms with Crippen molar-refractivity contribution in [2.75, 3.05) is 4.90 Å². The van der Waals surface area contributed by atoms with Gasteiger partial charge in [-0.3, -0.25) is 0 Å². The number of furan rings is 2. The first-order chi connectivity index (χ1) is 31.2. The summed E-state index contributed by atoms with van der Waals surface area (Å²) in [5, 5.41) is 4.50. The minimum atomic E-state index is 0.888. The third kappa shape index (κ3) is 6.46. The fraction of sp³-hybridized carbons (Fsp3) is 0. The van der Waals surface area contributed by atoms with Crippen LogP contribution in [0.4, 0.5) is 17.1 Å². The van der Waals surface area contributed by atoms with E-state index in [1.165, 1.54) is 11.1 Å². The van der Waals surface area contributed by atoms with Gasteiger partial charge in [-0.2, -0.15) is 0 Å². The second-order valence-electron chi connectivity index (χ2n) is 16.0. The van der Waals surface area contributed by atoms with E-state index in [4.69, 9.17) is 8.83 Å². The molecule has 0 amide bonds. The van der Waals surface area contributed by atoms with Gasteiger partial charge in [-0.05, 0) is 117 Å². The molecular formula is C60H39NO2. The van der Waals surface area contributed by atoms with Crippen molar-refractivity contribution in [1.82, 2.24) is 0 Å². The molecule has 63 heavy (non-hydrogen) atoms. The predicted octanol–water partition coefficient (Wildman–Crippen LogP) is 17.3. The predicted molar refractivity (Wildman–Crippen MR) is 263 cm³/mol. The van der Waals surface area contributed by atoms with Crippen LogP contribution >= 0.6 is 0 Å². The van der Waals surface area contributed by atoms with Gasteiger partial charge in [0, 0.05) is 38.5 Å². The highest BCUT2D eigenvalue weighted by Gasteiger charge is 2.23. The first kappa shape index (κ1) is 36.5. The molecule has 0 unspecified atom stereocenters. The van der Waals surface area contributed by atoms with Crippen molar-refractivity contribution < 1.29 is 8.83 Å². The van der Waals surface area contributed by atoms with E-state index >= 15 is 0 Å². The van der Waals surface area contributed by atoms with E-state index in [2.05, 4.69) is 217 Å². The standard InChI is InChI=1S/C60H39NO2/c1-3-14-42(15-4-1)48-18-7-8-21-53(48)60-49(43-16-5-2-6-17-43)22-13-23-55(60)61(46-32-26-40(27-33-46)44-31-37-58-54(38-44)51-20-10-12-25-57(51)62-58)47-34-28-41(29-35-47)45-30-36-52-50-19-9-11-24-56(50)63-59(52)39-45/h1-39H. The molecule has 3 heteroatoms. The second-order valence-corrected chi connectivity index (χ2v) is 16.0. The smallest absolute Gasteiger partial charge is 0.136 e. The lowest BCUT2D eigenvalue weighted by Crippen LogP contribution is -2.12. The van der Waals surface area contributed by atoms with Crippen LogP contribution in [0.3, 0.4) is 0 Å². The minimum Gasteiger partial charge on any atom is -0.456 e. The molecule has 12 aromatic rings. The molecule has 3 nitrogen and oxygen atoms in total. The highest BCUT2D eigenvalue weighted by molar-refractivity contribution is 6.07. The largest absolute Gasteiger partial charge is 0.456 e. The van der Waals surface area contributed by atoms with Crippen molar-refractivity contribution in [1.29, 1.82) is 0 Å². The van der Waals surface area contributed by atoms with Gasteiger partial charge in [-0.25, -0.2) is 0 Å². The van der Waals surface area contributed by atoms with Gasteiger partial charge in [0.1, 0.15) is 22.3 Å². The van der Waals surface area contributed by atoms with Gasteiger partial charge in [0.15, 0.2) is 0 Å². The summed E-state index contributed by atoms with van der Waals surface area (Å²) in [6.45, 7) is 0. The molecule has 12 rings (SSSR count). The number of anilines is 3. The molecule has 0 bridgehead atoms. The third-order valence-electron chi connectivity index (χ3n) is 12.3. The summed E-state index contributed by atoms with van der Waals surface area (Å²) >= 11 is 0. The number of benzene rings is 10. The Kier molecular flexibility index (Phi) is 8.83. The van der Waals surface area contributed by atoms with Gasteiger partial charge in [0.2, 0.25) is 0 Å². The number of nitrogens with zero attached hydrogens (tertiary/aromatic N) is 1. The summed E-state index contributed by atoms with van der Waals surface area (Å²) in [5.41, 5.74) is 18.2. The van der Waals surface area contributed by atoms with Crippen LogP contribution in [0.15, 0.2) is 245 Å². The molecule has 0 spiro atoms. The van der Waals surface area contributed by atoms with Crippen molar-refractivity contribution in [3.8, 4) is 55.6 Å². The summed E-state index contributed by atoms with van der Waals surface area (Å²) in [7, 11) is 0. The summed E-state index contributed by atoms with van der Waals surface area (Å²) in [6, 6.07) is 84.4. The lowest BCUT2D eigenvalue weighted by Gasteiger charge is -2.30. The van der Waals surface area contributed by atoms with Gasteiger partial charge in [0.05, 0.1) is 5.69 Å². The Bertz CT molecular complexity index is 3600. The first-order valence-electron chi connectivity index (χ1n) is 21.4. The molecule has 0 aliphatic heterocycles. The Hall–Kier alpha value is -8.40. The van der Waals surface area contributed by atoms with Crippen LogP contribution in [0.5, 0.6) is 0 Å². The SMILES string of the molecule is c1ccc(-c2ccccc2-c2c(-c3ccccc3)cccc2N(c2ccc(-c3ccc4c(c3)oc3ccccc34)cc2)c2ccc(-c3ccc4oc5ccccc5c4c3)cc2)cc1. The highest BCUT2D eigenvalue weighted by atomic mass is 16.3. The van der Waals surface area contributed by atoms with E-state index in [-0.39, 0.29) is 0 Å². The molecule has 0 fully saturated rings. The summed E-state index contributed by atoms with van der Waals surface area (Å²) < 4.78 is 12.5. The highest BCUT2D eigenvalue weighted by Crippen LogP contribution is 2.48. The fourth-order valence-electron chi connectivity index (χ4n) is 9.28. The van der Waals surface area contributed by atoms with Crippen LogP contribution in [0.1, 0.15) is 0 Å². The van der Waals surface area contributed by atoms with Gasteiger partial charge in [-0.15, -0.1) is 0 Å². The van der Waals surface area contributed by atoms with Crippen molar-refractivity contribution in [2.24, 2.45) is 0 Å². The zero-order chi connectivity index (χ0) is 41.7. The molecule has 10 aromatic carbocycles. The lowest BCUT2D eigenvalue weighted by atomic mass is 9.87. The number of para-hydroxylation sites is 2. The normalized spacial score (nSPS) is 11.5. The van der Waals surface area contributed by atoms with E-state index in [1.54, 1.807) is 0 Å². The molecule has 0 radical (unpaired) electrons. The number of hydrogen-bond donors (Lipinski definition) is 0. The molecule has 0 saturated heterocycles. The summed E-state index contributed by atoms with van der Waals surface area (Å²) in [4.78, 5) is 2.41. The quantitative estimate of drug-likeness (QED) is 0.153. The van der Waals surface area contributed by atoms with E-state index in [1.807, 2.05) is 24.3 Å². The lowest BCUT2D eigenvalue weighted by molar-refractivity contribution is 0.668. The van der Waals surface area contributed by atoms with Crippen molar-refractivity contribution in [3.63, 3.8) is 0 Å². The Labute approximate surface area is 365 Å². The summed E-state index contributed by atoms with van der Waals surface area (Å²) in [5.74, 6) is 0. The third-order valence-corrected chi connectivity index (χ3v) is 12.3. The monoisotopic (exact) mass is 805 g/mol. The molecule has 0 aliphatic rings. The van der Waals surface area contributed by atoms with Gasteiger partial charge in [-0.1, -0.05) is 170 Å². The Balaban J connectivity index is 1.03. The van der Waals surface area contributed by atoms with Crippen molar-refractivity contribution >= 4 is 60.9 Å². The fourth-order valence-corrected chi connectivity index (χ4v) is 9.28. The van der Waals surface area contributed by atoms with E-state index in [0.717, 1.165) is 105 Å². The molecule has 2 aromatic heterocycles. The van der Waals surface area contributed by atoms with Gasteiger partial charge >= 0.3 is 0 Å². The molecule has 0 atom stereocenters. The average molecular weight is 806 g/mol. The maximum atomic E-state index is 6.30. The van der Waals surface area contributed by atoms with Crippen LogP contribution in [0.2, 0.25) is 0 Å². The Morgan fingerprint density at radius 1 is 0.254 bits per heavy atom. The van der Waals surface area contributed by atoms with Crippen LogP contribution in [-0.4, -0.2) is 0 Å². The van der Waals surface area contributed by atoms with E-state index < -0.39 is 0 Å². The molecule has 2 heterocycles. The second kappa shape index (κ2) is 15.3. The molecule has 0 N–H and O–H groups in total. The molecule has 296 valence electrons. The van der Waals surface area contributed by atoms with Crippen LogP contribution in [0.25, 0.3) is 99.5 Å². The van der Waals surface area contributed by atoms with Crippen molar-refractivity contribution in [2.45, 2.75) is 0 Å². The van der Waals surface area contributed by atoms with E-state index in [0.29, 0.717) is 0 Å².